The number of rotatable bonds is 6. The predicted octanol–water partition coefficient (Wildman–Crippen LogP) is 1.99. The van der Waals surface area contributed by atoms with Crippen molar-refractivity contribution in [3.8, 4) is 5.88 Å². The van der Waals surface area contributed by atoms with Crippen LogP contribution in [0.3, 0.4) is 0 Å². The molecule has 1 N–H and O–H groups in total. The Balaban J connectivity index is 2.15. The van der Waals surface area contributed by atoms with E-state index in [1.807, 2.05) is 0 Å². The number of nitrogens with one attached hydrogen (secondary N) is 1. The largest absolute Gasteiger partial charge is 0.476 e. The van der Waals surface area contributed by atoms with Crippen molar-refractivity contribution in [1.29, 1.82) is 0 Å². The van der Waals surface area contributed by atoms with E-state index in [4.69, 9.17) is 4.74 Å². The number of nitro groups is 1. The van der Waals surface area contributed by atoms with E-state index in [-0.39, 0.29) is 23.4 Å². The number of aromatic nitrogens is 2. The first-order chi connectivity index (χ1) is 8.67. The van der Waals surface area contributed by atoms with Gasteiger partial charge in [-0.3, -0.25) is 10.1 Å². The van der Waals surface area contributed by atoms with E-state index in [0.29, 0.717) is 5.92 Å². The van der Waals surface area contributed by atoms with E-state index < -0.39 is 4.92 Å². The summed E-state index contributed by atoms with van der Waals surface area (Å²) in [4.78, 5) is 18.2. The topological polar surface area (TPSA) is 90.2 Å². The lowest BCUT2D eigenvalue weighted by atomic mass is 10.2. The number of nitrogens with zero attached hydrogens (tertiary/aromatic N) is 3. The Kier molecular flexibility index (Phi) is 3.59. The van der Waals surface area contributed by atoms with Crippen molar-refractivity contribution >= 4 is 11.5 Å². The SMILES string of the molecule is CCCC1CC1Nc1ncnc(OC)c1[N+](=O)[O-]. The molecule has 0 bridgehead atoms. The van der Waals surface area contributed by atoms with Gasteiger partial charge in [-0.25, -0.2) is 4.98 Å². The molecule has 7 nitrogen and oxygen atoms in total. The second-order valence-corrected chi connectivity index (χ2v) is 4.37. The number of ether oxygens (including phenoxy) is 1. The van der Waals surface area contributed by atoms with Gasteiger partial charge in [0.2, 0.25) is 5.82 Å². The highest BCUT2D eigenvalue weighted by Gasteiger charge is 2.38. The number of methoxy groups -OCH3 is 1. The van der Waals surface area contributed by atoms with Gasteiger partial charge in [0.25, 0.3) is 5.88 Å². The molecule has 18 heavy (non-hydrogen) atoms. The molecular weight excluding hydrogens is 236 g/mol. The van der Waals surface area contributed by atoms with Gasteiger partial charge in [0.15, 0.2) is 0 Å². The summed E-state index contributed by atoms with van der Waals surface area (Å²) < 4.78 is 4.89. The van der Waals surface area contributed by atoms with Crippen LogP contribution in [0.1, 0.15) is 26.2 Å². The highest BCUT2D eigenvalue weighted by Crippen LogP contribution is 2.39. The Labute approximate surface area is 105 Å². The second-order valence-electron chi connectivity index (χ2n) is 4.37. The predicted molar refractivity (Wildman–Crippen MR) is 65.7 cm³/mol. The molecule has 1 aliphatic carbocycles. The molecule has 1 fully saturated rings. The molecule has 0 saturated heterocycles. The van der Waals surface area contributed by atoms with Crippen molar-refractivity contribution in [2.75, 3.05) is 12.4 Å². The fraction of sp³-hybridized carbons (Fsp3) is 0.636. The lowest BCUT2D eigenvalue weighted by Gasteiger charge is -2.07. The Morgan fingerprint density at radius 1 is 1.61 bits per heavy atom. The van der Waals surface area contributed by atoms with E-state index in [9.17, 15) is 10.1 Å². The van der Waals surface area contributed by atoms with Gasteiger partial charge in [0, 0.05) is 6.04 Å². The van der Waals surface area contributed by atoms with Crippen LogP contribution in [0.5, 0.6) is 5.88 Å². The molecule has 0 spiro atoms. The second kappa shape index (κ2) is 5.16. The molecule has 7 heteroatoms. The van der Waals surface area contributed by atoms with Gasteiger partial charge in [0.1, 0.15) is 6.33 Å². The van der Waals surface area contributed by atoms with Crippen molar-refractivity contribution in [3.05, 3.63) is 16.4 Å². The summed E-state index contributed by atoms with van der Waals surface area (Å²) in [5.74, 6) is 0.830. The summed E-state index contributed by atoms with van der Waals surface area (Å²) in [6.07, 6.45) is 4.56. The number of hydrogen-bond acceptors (Lipinski definition) is 6. The molecule has 1 heterocycles. The third-order valence-electron chi connectivity index (χ3n) is 3.07. The van der Waals surface area contributed by atoms with Gasteiger partial charge in [-0.1, -0.05) is 13.3 Å². The maximum Gasteiger partial charge on any atom is 0.372 e. The molecule has 0 aliphatic heterocycles. The molecule has 0 aromatic carbocycles. The maximum absolute atomic E-state index is 11.0. The quantitative estimate of drug-likeness (QED) is 0.615. The minimum Gasteiger partial charge on any atom is -0.476 e. The van der Waals surface area contributed by atoms with Crippen LogP contribution >= 0.6 is 0 Å². The smallest absolute Gasteiger partial charge is 0.372 e. The first-order valence-corrected chi connectivity index (χ1v) is 5.97. The van der Waals surface area contributed by atoms with Crippen LogP contribution in [0.2, 0.25) is 0 Å². The Hall–Kier alpha value is -1.92. The van der Waals surface area contributed by atoms with Gasteiger partial charge in [0.05, 0.1) is 12.0 Å². The Morgan fingerprint density at radius 2 is 2.39 bits per heavy atom. The molecular formula is C11H16N4O3. The highest BCUT2D eigenvalue weighted by atomic mass is 16.6. The fourth-order valence-electron chi connectivity index (χ4n) is 2.07. The molecule has 1 aliphatic rings. The molecule has 2 unspecified atom stereocenters. The van der Waals surface area contributed by atoms with Crippen LogP contribution in [0.25, 0.3) is 0 Å². The first-order valence-electron chi connectivity index (χ1n) is 5.97. The molecule has 1 aromatic heterocycles. The van der Waals surface area contributed by atoms with Crippen LogP contribution in [0, 0.1) is 16.0 Å². The van der Waals surface area contributed by atoms with Gasteiger partial charge in [-0.2, -0.15) is 4.98 Å². The minimum absolute atomic E-state index is 0.00908. The zero-order valence-corrected chi connectivity index (χ0v) is 10.4. The van der Waals surface area contributed by atoms with Crippen molar-refractivity contribution in [3.63, 3.8) is 0 Å². The first kappa shape index (κ1) is 12.5. The van der Waals surface area contributed by atoms with E-state index in [0.717, 1.165) is 19.3 Å². The maximum atomic E-state index is 11.0. The zero-order valence-electron chi connectivity index (χ0n) is 10.4. The summed E-state index contributed by atoms with van der Waals surface area (Å²) in [6.45, 7) is 2.13. The van der Waals surface area contributed by atoms with Crippen molar-refractivity contribution in [2.45, 2.75) is 32.2 Å². The molecule has 1 aromatic rings. The lowest BCUT2D eigenvalue weighted by molar-refractivity contribution is -0.385. The van der Waals surface area contributed by atoms with Crippen molar-refractivity contribution in [2.24, 2.45) is 5.92 Å². The summed E-state index contributed by atoms with van der Waals surface area (Å²) in [7, 11) is 1.36. The minimum atomic E-state index is -0.516. The van der Waals surface area contributed by atoms with Crippen LogP contribution in [0.4, 0.5) is 11.5 Å². The van der Waals surface area contributed by atoms with Crippen LogP contribution < -0.4 is 10.1 Å². The Morgan fingerprint density at radius 3 is 3.00 bits per heavy atom. The number of anilines is 1. The standard InChI is InChI=1S/C11H16N4O3/c1-3-4-7-5-8(7)14-10-9(15(16)17)11(18-2)13-6-12-10/h6-8H,3-5H2,1-2H3,(H,12,13,14). The fourth-order valence-corrected chi connectivity index (χ4v) is 2.07. The summed E-state index contributed by atoms with van der Waals surface area (Å²) in [6, 6.07) is 0.281. The normalized spacial score (nSPS) is 21.4. The van der Waals surface area contributed by atoms with Crippen molar-refractivity contribution < 1.29 is 9.66 Å². The summed E-state index contributed by atoms with van der Waals surface area (Å²) >= 11 is 0. The van der Waals surface area contributed by atoms with E-state index in [1.54, 1.807) is 0 Å². The zero-order chi connectivity index (χ0) is 13.1. The van der Waals surface area contributed by atoms with Gasteiger partial charge < -0.3 is 10.1 Å². The molecule has 2 rings (SSSR count). The van der Waals surface area contributed by atoms with E-state index in [2.05, 4.69) is 22.2 Å². The monoisotopic (exact) mass is 252 g/mol. The summed E-state index contributed by atoms with van der Waals surface area (Å²) in [5.41, 5.74) is -0.192. The van der Waals surface area contributed by atoms with Gasteiger partial charge in [-0.05, 0) is 18.8 Å². The van der Waals surface area contributed by atoms with Crippen LogP contribution in [-0.2, 0) is 0 Å². The summed E-state index contributed by atoms with van der Waals surface area (Å²) in [5, 5.41) is 14.1. The number of hydrogen-bond donors (Lipinski definition) is 1. The van der Waals surface area contributed by atoms with Crippen LogP contribution in [0.15, 0.2) is 6.33 Å². The molecule has 0 amide bonds. The van der Waals surface area contributed by atoms with E-state index in [1.165, 1.54) is 13.4 Å². The molecule has 2 atom stereocenters. The average Bonchev–Trinajstić information content (AvgIpc) is 3.07. The van der Waals surface area contributed by atoms with Gasteiger partial charge in [-0.15, -0.1) is 0 Å². The third-order valence-corrected chi connectivity index (χ3v) is 3.07. The molecule has 0 radical (unpaired) electrons. The van der Waals surface area contributed by atoms with Gasteiger partial charge >= 0.3 is 5.69 Å². The lowest BCUT2D eigenvalue weighted by Crippen LogP contribution is -2.10. The Bertz CT molecular complexity index is 452. The molecule has 1 saturated carbocycles. The van der Waals surface area contributed by atoms with Crippen molar-refractivity contribution in [1.82, 2.24) is 9.97 Å². The van der Waals surface area contributed by atoms with E-state index >= 15 is 0 Å². The van der Waals surface area contributed by atoms with Crippen LogP contribution in [-0.4, -0.2) is 28.0 Å². The average molecular weight is 252 g/mol. The highest BCUT2D eigenvalue weighted by molar-refractivity contribution is 5.62. The third kappa shape index (κ3) is 2.49. The molecule has 98 valence electrons.